The molecule has 0 radical (unpaired) electrons. The molecule has 28 heavy (non-hydrogen) atoms. The van der Waals surface area contributed by atoms with Crippen LogP contribution >= 0.6 is 11.3 Å². The minimum absolute atomic E-state index is 0.170. The Morgan fingerprint density at radius 2 is 1.89 bits per heavy atom. The van der Waals surface area contributed by atoms with Crippen molar-refractivity contribution in [1.82, 2.24) is 9.88 Å². The predicted molar refractivity (Wildman–Crippen MR) is 109 cm³/mol. The lowest BCUT2D eigenvalue weighted by Crippen LogP contribution is -2.26. The van der Waals surface area contributed by atoms with Gasteiger partial charge in [0.15, 0.2) is 0 Å². The largest absolute Gasteiger partial charge is 0.486 e. The van der Waals surface area contributed by atoms with Crippen LogP contribution in [0.2, 0.25) is 0 Å². The highest BCUT2D eigenvalue weighted by Gasteiger charge is 2.14. The zero-order valence-electron chi connectivity index (χ0n) is 16.5. The monoisotopic (exact) mass is 398 g/mol. The van der Waals surface area contributed by atoms with Crippen LogP contribution in [0.5, 0.6) is 5.75 Å². The van der Waals surface area contributed by atoms with E-state index >= 15 is 0 Å². The Bertz CT molecular complexity index is 983. The van der Waals surface area contributed by atoms with Gasteiger partial charge in [-0.15, -0.1) is 11.3 Å². The Morgan fingerprint density at radius 3 is 2.61 bits per heavy atom. The second-order valence-corrected chi connectivity index (χ2v) is 7.84. The number of halogens is 1. The van der Waals surface area contributed by atoms with Crippen molar-refractivity contribution in [3.8, 4) is 5.75 Å². The molecule has 0 atom stereocenters. The number of nitrogens with zero attached hydrogens (tertiary/aromatic N) is 2. The minimum atomic E-state index is -0.359. The molecule has 0 saturated carbocycles. The molecule has 1 aromatic heterocycles. The molecule has 3 rings (SSSR count). The molecule has 0 unspecified atom stereocenters. The number of rotatable bonds is 6. The second-order valence-electron chi connectivity index (χ2n) is 6.89. The maximum atomic E-state index is 13.0. The van der Waals surface area contributed by atoms with E-state index in [1.165, 1.54) is 46.7 Å². The fraction of sp³-hybridized carbons (Fsp3) is 0.273. The molecule has 0 saturated heterocycles. The molecule has 2 aromatic carbocycles. The maximum absolute atomic E-state index is 13.0. The van der Waals surface area contributed by atoms with Gasteiger partial charge in [0.2, 0.25) is 0 Å². The van der Waals surface area contributed by atoms with Crippen LogP contribution in [0.1, 0.15) is 37.7 Å². The van der Waals surface area contributed by atoms with E-state index in [9.17, 15) is 9.18 Å². The molecule has 1 amide bonds. The van der Waals surface area contributed by atoms with Crippen LogP contribution in [0.25, 0.3) is 0 Å². The van der Waals surface area contributed by atoms with Crippen LogP contribution in [0.3, 0.4) is 0 Å². The van der Waals surface area contributed by atoms with Crippen molar-refractivity contribution in [1.29, 1.82) is 0 Å². The van der Waals surface area contributed by atoms with E-state index in [-0.39, 0.29) is 11.7 Å². The SMILES string of the molecule is Cc1cc(C)c(C)c(OCc2nc(CN(C)C(=O)c3ccc(F)cc3)cs2)c1. The van der Waals surface area contributed by atoms with E-state index in [0.29, 0.717) is 18.7 Å². The Morgan fingerprint density at radius 1 is 1.18 bits per heavy atom. The number of aromatic nitrogens is 1. The lowest BCUT2D eigenvalue weighted by molar-refractivity contribution is 0.0783. The quantitative estimate of drug-likeness (QED) is 0.583. The number of carbonyl (C=O) groups excluding carboxylic acids is 1. The fourth-order valence-corrected chi connectivity index (χ4v) is 3.60. The van der Waals surface area contributed by atoms with Gasteiger partial charge in [-0.05, 0) is 67.8 Å². The van der Waals surface area contributed by atoms with E-state index in [1.54, 1.807) is 11.9 Å². The van der Waals surface area contributed by atoms with Gasteiger partial charge in [0, 0.05) is 18.0 Å². The summed E-state index contributed by atoms with van der Waals surface area (Å²) in [7, 11) is 1.71. The summed E-state index contributed by atoms with van der Waals surface area (Å²) >= 11 is 1.51. The van der Waals surface area contributed by atoms with Gasteiger partial charge in [-0.25, -0.2) is 9.37 Å². The summed E-state index contributed by atoms with van der Waals surface area (Å²) in [6, 6.07) is 9.72. The third-order valence-electron chi connectivity index (χ3n) is 4.55. The first-order valence-corrected chi connectivity index (χ1v) is 9.86. The van der Waals surface area contributed by atoms with Crippen molar-refractivity contribution in [2.75, 3.05) is 7.05 Å². The molecule has 0 spiro atoms. The molecule has 3 aromatic rings. The highest BCUT2D eigenvalue weighted by Crippen LogP contribution is 2.25. The summed E-state index contributed by atoms with van der Waals surface area (Å²) in [5, 5.41) is 2.79. The van der Waals surface area contributed by atoms with Gasteiger partial charge in [0.05, 0.1) is 12.2 Å². The van der Waals surface area contributed by atoms with E-state index < -0.39 is 0 Å². The number of aryl methyl sites for hydroxylation is 2. The first kappa shape index (κ1) is 20.0. The van der Waals surface area contributed by atoms with Crippen LogP contribution in [0.15, 0.2) is 41.8 Å². The van der Waals surface area contributed by atoms with Gasteiger partial charge in [-0.1, -0.05) is 6.07 Å². The lowest BCUT2D eigenvalue weighted by atomic mass is 10.1. The predicted octanol–water partition coefficient (Wildman–Crippen LogP) is 5.06. The minimum Gasteiger partial charge on any atom is -0.486 e. The van der Waals surface area contributed by atoms with E-state index in [1.807, 2.05) is 18.4 Å². The van der Waals surface area contributed by atoms with Crippen molar-refractivity contribution in [3.05, 3.63) is 80.6 Å². The maximum Gasteiger partial charge on any atom is 0.253 e. The number of carbonyl (C=O) groups is 1. The fourth-order valence-electron chi connectivity index (χ4n) is 2.91. The molecule has 0 aliphatic heterocycles. The summed E-state index contributed by atoms with van der Waals surface area (Å²) in [4.78, 5) is 18.6. The molecule has 0 aliphatic carbocycles. The van der Waals surface area contributed by atoms with Crippen LogP contribution in [0, 0.1) is 26.6 Å². The molecular weight excluding hydrogens is 375 g/mol. The number of hydrogen-bond acceptors (Lipinski definition) is 4. The van der Waals surface area contributed by atoms with Gasteiger partial charge in [0.1, 0.15) is 23.2 Å². The molecule has 1 heterocycles. The first-order chi connectivity index (χ1) is 13.3. The van der Waals surface area contributed by atoms with Gasteiger partial charge >= 0.3 is 0 Å². The van der Waals surface area contributed by atoms with Crippen LogP contribution in [-0.4, -0.2) is 22.8 Å². The Balaban J connectivity index is 1.61. The van der Waals surface area contributed by atoms with Gasteiger partial charge in [0.25, 0.3) is 5.91 Å². The van der Waals surface area contributed by atoms with Crippen LogP contribution in [0.4, 0.5) is 4.39 Å². The van der Waals surface area contributed by atoms with Gasteiger partial charge in [-0.3, -0.25) is 4.79 Å². The Kier molecular flexibility index (Phi) is 6.09. The van der Waals surface area contributed by atoms with Crippen LogP contribution < -0.4 is 4.74 Å². The lowest BCUT2D eigenvalue weighted by Gasteiger charge is -2.15. The number of ether oxygens (including phenoxy) is 1. The number of amides is 1. The third-order valence-corrected chi connectivity index (χ3v) is 5.42. The van der Waals surface area contributed by atoms with E-state index in [4.69, 9.17) is 4.74 Å². The molecule has 0 bridgehead atoms. The third kappa shape index (κ3) is 4.75. The number of thiazole rings is 1. The average Bonchev–Trinajstić information content (AvgIpc) is 3.10. The van der Waals surface area contributed by atoms with E-state index in [2.05, 4.69) is 24.9 Å². The molecule has 0 fully saturated rings. The second kappa shape index (κ2) is 8.52. The van der Waals surface area contributed by atoms with Crippen molar-refractivity contribution < 1.29 is 13.9 Å². The van der Waals surface area contributed by atoms with Crippen molar-refractivity contribution in [2.24, 2.45) is 0 Å². The van der Waals surface area contributed by atoms with Crippen molar-refractivity contribution in [2.45, 2.75) is 33.9 Å². The molecule has 0 aliphatic rings. The molecule has 146 valence electrons. The van der Waals surface area contributed by atoms with E-state index in [0.717, 1.165) is 22.0 Å². The first-order valence-electron chi connectivity index (χ1n) is 8.98. The number of hydrogen-bond donors (Lipinski definition) is 0. The van der Waals surface area contributed by atoms with Crippen LogP contribution in [-0.2, 0) is 13.2 Å². The molecular formula is C22H23FN2O2S. The smallest absolute Gasteiger partial charge is 0.253 e. The summed E-state index contributed by atoms with van der Waals surface area (Å²) in [6.45, 7) is 6.95. The zero-order chi connectivity index (χ0) is 20.3. The molecule has 4 nitrogen and oxygen atoms in total. The number of benzene rings is 2. The summed E-state index contributed by atoms with van der Waals surface area (Å²) in [5.41, 5.74) is 4.76. The molecule has 0 N–H and O–H groups in total. The summed E-state index contributed by atoms with van der Waals surface area (Å²) in [5.74, 6) is 0.344. The standard InChI is InChI=1S/C22H23FN2O2S/c1-14-9-15(2)16(3)20(10-14)27-12-21-24-19(13-28-21)11-25(4)22(26)17-5-7-18(23)8-6-17/h5-10,13H,11-12H2,1-4H3. The van der Waals surface area contributed by atoms with Crippen molar-refractivity contribution >= 4 is 17.2 Å². The Hall–Kier alpha value is -2.73. The summed E-state index contributed by atoms with van der Waals surface area (Å²) < 4.78 is 19.0. The van der Waals surface area contributed by atoms with Gasteiger partial charge in [-0.2, -0.15) is 0 Å². The summed E-state index contributed by atoms with van der Waals surface area (Å²) in [6.07, 6.45) is 0. The van der Waals surface area contributed by atoms with Crippen molar-refractivity contribution in [3.63, 3.8) is 0 Å². The normalized spacial score (nSPS) is 10.8. The highest BCUT2D eigenvalue weighted by molar-refractivity contribution is 7.09. The topological polar surface area (TPSA) is 42.4 Å². The average molecular weight is 399 g/mol. The zero-order valence-corrected chi connectivity index (χ0v) is 17.3. The molecule has 6 heteroatoms. The highest BCUT2D eigenvalue weighted by atomic mass is 32.1. The van der Waals surface area contributed by atoms with Gasteiger partial charge < -0.3 is 9.64 Å². The Labute approximate surface area is 168 Å².